The fourth-order valence-electron chi connectivity index (χ4n) is 1.75. The molecule has 8 nitrogen and oxygen atoms in total. The van der Waals surface area contributed by atoms with E-state index in [0.717, 1.165) is 25.9 Å². The Morgan fingerprint density at radius 1 is 1.33 bits per heavy atom. The molecular formula is C10H18N4O4. The number of amides is 3. The molecule has 0 radical (unpaired) electrons. The lowest BCUT2D eigenvalue weighted by Crippen LogP contribution is -2.52. The normalized spacial score (nSPS) is 17.8. The average molecular weight is 258 g/mol. The summed E-state index contributed by atoms with van der Waals surface area (Å²) in [5.41, 5.74) is 4.91. The fourth-order valence-corrected chi connectivity index (χ4v) is 1.75. The van der Waals surface area contributed by atoms with E-state index in [1.807, 2.05) is 0 Å². The predicted octanol–water partition coefficient (Wildman–Crippen LogP) is -1.63. The number of urea groups is 1. The third-order valence-electron chi connectivity index (χ3n) is 2.68. The number of aliphatic carboxylic acids is 1. The Balaban J connectivity index is 2.40. The van der Waals surface area contributed by atoms with Crippen molar-refractivity contribution in [2.45, 2.75) is 31.3 Å². The Morgan fingerprint density at radius 3 is 2.44 bits per heavy atom. The highest BCUT2D eigenvalue weighted by atomic mass is 16.4. The summed E-state index contributed by atoms with van der Waals surface area (Å²) in [7, 11) is 0. The van der Waals surface area contributed by atoms with Crippen LogP contribution in [0.4, 0.5) is 4.79 Å². The Morgan fingerprint density at radius 2 is 1.94 bits per heavy atom. The van der Waals surface area contributed by atoms with Gasteiger partial charge in [-0.2, -0.15) is 0 Å². The summed E-state index contributed by atoms with van der Waals surface area (Å²) in [5.74, 6) is -2.06. The first-order valence-electron chi connectivity index (χ1n) is 5.78. The van der Waals surface area contributed by atoms with Gasteiger partial charge >= 0.3 is 12.0 Å². The van der Waals surface area contributed by atoms with Crippen molar-refractivity contribution in [2.24, 2.45) is 5.73 Å². The SMILES string of the molecule is NC(=O)CC(NC(=O)NC1CCNCC1)C(=O)O. The van der Waals surface area contributed by atoms with E-state index < -0.39 is 30.4 Å². The number of carbonyl (C=O) groups excluding carboxylic acids is 2. The maximum Gasteiger partial charge on any atom is 0.326 e. The van der Waals surface area contributed by atoms with E-state index in [4.69, 9.17) is 10.8 Å². The molecule has 0 bridgehead atoms. The molecule has 0 aliphatic carbocycles. The zero-order chi connectivity index (χ0) is 13.5. The van der Waals surface area contributed by atoms with E-state index in [1.165, 1.54) is 0 Å². The van der Waals surface area contributed by atoms with Gasteiger partial charge in [-0.25, -0.2) is 9.59 Å². The Bertz CT molecular complexity index is 328. The summed E-state index contributed by atoms with van der Waals surface area (Å²) < 4.78 is 0. The molecule has 3 amide bonds. The van der Waals surface area contributed by atoms with Crippen molar-refractivity contribution in [3.05, 3.63) is 0 Å². The van der Waals surface area contributed by atoms with E-state index in [-0.39, 0.29) is 6.04 Å². The van der Waals surface area contributed by atoms with Crippen LogP contribution in [0.25, 0.3) is 0 Å². The molecule has 1 atom stereocenters. The first kappa shape index (κ1) is 14.2. The van der Waals surface area contributed by atoms with Crippen molar-refractivity contribution in [3.8, 4) is 0 Å². The second kappa shape index (κ2) is 6.80. The van der Waals surface area contributed by atoms with Gasteiger partial charge in [-0.1, -0.05) is 0 Å². The molecule has 8 heteroatoms. The standard InChI is InChI=1S/C10H18N4O4/c11-8(15)5-7(9(16)17)14-10(18)13-6-1-3-12-4-2-6/h6-7,12H,1-5H2,(H2,11,15)(H,16,17)(H2,13,14,18). The molecule has 102 valence electrons. The van der Waals surface area contributed by atoms with Crippen LogP contribution in [0.5, 0.6) is 0 Å². The highest BCUT2D eigenvalue weighted by Gasteiger charge is 2.23. The lowest BCUT2D eigenvalue weighted by Gasteiger charge is -2.24. The lowest BCUT2D eigenvalue weighted by molar-refractivity contribution is -0.140. The fraction of sp³-hybridized carbons (Fsp3) is 0.700. The molecule has 0 aromatic carbocycles. The second-order valence-electron chi connectivity index (χ2n) is 4.20. The smallest absolute Gasteiger partial charge is 0.326 e. The lowest BCUT2D eigenvalue weighted by atomic mass is 10.1. The van der Waals surface area contributed by atoms with Crippen LogP contribution in [0, 0.1) is 0 Å². The predicted molar refractivity (Wildman–Crippen MR) is 62.8 cm³/mol. The van der Waals surface area contributed by atoms with Crippen LogP contribution in [0.2, 0.25) is 0 Å². The number of nitrogens with two attached hydrogens (primary N) is 1. The average Bonchev–Trinajstić information content (AvgIpc) is 2.28. The topological polar surface area (TPSA) is 134 Å². The number of rotatable bonds is 5. The zero-order valence-corrected chi connectivity index (χ0v) is 9.94. The molecule has 1 aliphatic rings. The van der Waals surface area contributed by atoms with Gasteiger partial charge in [0.15, 0.2) is 0 Å². The molecule has 1 unspecified atom stereocenters. The molecule has 1 fully saturated rings. The molecule has 1 aliphatic heterocycles. The third-order valence-corrected chi connectivity index (χ3v) is 2.68. The van der Waals surface area contributed by atoms with Crippen LogP contribution in [0.15, 0.2) is 0 Å². The van der Waals surface area contributed by atoms with Crippen LogP contribution < -0.4 is 21.7 Å². The first-order chi connectivity index (χ1) is 8.49. The minimum atomic E-state index is -1.29. The quantitative estimate of drug-likeness (QED) is 0.403. The van der Waals surface area contributed by atoms with Gasteiger partial charge in [0.05, 0.1) is 6.42 Å². The van der Waals surface area contributed by atoms with Crippen molar-refractivity contribution in [1.29, 1.82) is 0 Å². The molecule has 0 aromatic heterocycles. The van der Waals surface area contributed by atoms with Crippen molar-refractivity contribution in [3.63, 3.8) is 0 Å². The molecule has 1 saturated heterocycles. The van der Waals surface area contributed by atoms with E-state index in [0.29, 0.717) is 0 Å². The van der Waals surface area contributed by atoms with Gasteiger partial charge in [-0.15, -0.1) is 0 Å². The number of carboxylic acid groups (broad SMARTS) is 1. The minimum absolute atomic E-state index is 0.0225. The summed E-state index contributed by atoms with van der Waals surface area (Å²) in [4.78, 5) is 33.0. The summed E-state index contributed by atoms with van der Waals surface area (Å²) >= 11 is 0. The number of carbonyl (C=O) groups is 3. The molecule has 1 heterocycles. The largest absolute Gasteiger partial charge is 0.480 e. The van der Waals surface area contributed by atoms with Crippen molar-refractivity contribution >= 4 is 17.9 Å². The number of piperidine rings is 1. The van der Waals surface area contributed by atoms with Crippen LogP contribution in [0.3, 0.4) is 0 Å². The Labute approximate surface area is 104 Å². The Hall–Kier alpha value is -1.83. The Kier molecular flexibility index (Phi) is 5.37. The summed E-state index contributed by atoms with van der Waals surface area (Å²) in [5, 5.41) is 16.9. The molecule has 0 spiro atoms. The van der Waals surface area contributed by atoms with Gasteiger partial charge < -0.3 is 26.8 Å². The number of nitrogens with one attached hydrogen (secondary N) is 3. The highest BCUT2D eigenvalue weighted by molar-refractivity contribution is 5.87. The van der Waals surface area contributed by atoms with Gasteiger partial charge in [-0.05, 0) is 25.9 Å². The number of primary amides is 1. The third kappa shape index (κ3) is 5.00. The van der Waals surface area contributed by atoms with Gasteiger partial charge in [0, 0.05) is 6.04 Å². The van der Waals surface area contributed by atoms with Gasteiger partial charge in [0.1, 0.15) is 6.04 Å². The molecule has 1 rings (SSSR count). The van der Waals surface area contributed by atoms with Crippen LogP contribution in [0.1, 0.15) is 19.3 Å². The molecular weight excluding hydrogens is 240 g/mol. The van der Waals surface area contributed by atoms with Gasteiger partial charge in [0.25, 0.3) is 0 Å². The number of hydrogen-bond donors (Lipinski definition) is 5. The number of hydrogen-bond acceptors (Lipinski definition) is 4. The maximum atomic E-state index is 11.5. The molecule has 18 heavy (non-hydrogen) atoms. The van der Waals surface area contributed by atoms with Crippen molar-refractivity contribution in [2.75, 3.05) is 13.1 Å². The molecule has 0 aromatic rings. The second-order valence-corrected chi connectivity index (χ2v) is 4.20. The highest BCUT2D eigenvalue weighted by Crippen LogP contribution is 2.01. The van der Waals surface area contributed by atoms with Crippen LogP contribution in [-0.4, -0.2) is 48.2 Å². The first-order valence-corrected chi connectivity index (χ1v) is 5.78. The summed E-state index contributed by atoms with van der Waals surface area (Å²) in [6.07, 6.45) is 1.16. The summed E-state index contributed by atoms with van der Waals surface area (Å²) in [6.45, 7) is 1.63. The molecule has 6 N–H and O–H groups in total. The maximum absolute atomic E-state index is 11.5. The number of carboxylic acids is 1. The van der Waals surface area contributed by atoms with Crippen LogP contribution >= 0.6 is 0 Å². The van der Waals surface area contributed by atoms with E-state index in [2.05, 4.69) is 16.0 Å². The monoisotopic (exact) mass is 258 g/mol. The van der Waals surface area contributed by atoms with E-state index >= 15 is 0 Å². The summed E-state index contributed by atoms with van der Waals surface area (Å²) in [6, 6.07) is -1.85. The van der Waals surface area contributed by atoms with E-state index in [1.54, 1.807) is 0 Å². The van der Waals surface area contributed by atoms with Crippen molar-refractivity contribution < 1.29 is 19.5 Å². The van der Waals surface area contributed by atoms with Gasteiger partial charge in [-0.3, -0.25) is 4.79 Å². The van der Waals surface area contributed by atoms with Crippen molar-refractivity contribution in [1.82, 2.24) is 16.0 Å². The molecule has 0 saturated carbocycles. The minimum Gasteiger partial charge on any atom is -0.480 e. The van der Waals surface area contributed by atoms with Crippen LogP contribution in [-0.2, 0) is 9.59 Å². The van der Waals surface area contributed by atoms with Gasteiger partial charge in [0.2, 0.25) is 5.91 Å². The zero-order valence-electron chi connectivity index (χ0n) is 9.94. The van der Waals surface area contributed by atoms with E-state index in [9.17, 15) is 14.4 Å².